The Kier molecular flexibility index (Phi) is 4.95. The van der Waals surface area contributed by atoms with Gasteiger partial charge in [0.05, 0.1) is 0 Å². The maximum absolute atomic E-state index is 15.8. The van der Waals surface area contributed by atoms with E-state index in [0.29, 0.717) is 0 Å². The van der Waals surface area contributed by atoms with Crippen molar-refractivity contribution in [2.75, 3.05) is 0 Å². The molecule has 0 fully saturated rings. The first-order valence-electron chi connectivity index (χ1n) is 14.4. The van der Waals surface area contributed by atoms with Crippen LogP contribution >= 0.6 is 7.14 Å². The summed E-state index contributed by atoms with van der Waals surface area (Å²) in [6.07, 6.45) is 0. The average molecular weight is 553 g/mol. The van der Waals surface area contributed by atoms with Crippen molar-refractivity contribution in [2.24, 2.45) is 0 Å². The summed E-state index contributed by atoms with van der Waals surface area (Å²) >= 11 is 0. The lowest BCUT2D eigenvalue weighted by molar-refractivity contribution is 0.592. The first kappa shape index (κ1) is 23.7. The topological polar surface area (TPSA) is 17.1 Å². The average Bonchev–Trinajstić information content (AvgIpc) is 3.05. The second-order valence-corrected chi connectivity index (χ2v) is 14.0. The monoisotopic (exact) mass is 552 g/mol. The second kappa shape index (κ2) is 8.76. The molecule has 9 aromatic rings. The molecule has 0 bridgehead atoms. The van der Waals surface area contributed by atoms with Gasteiger partial charge in [-0.15, -0.1) is 0 Å². The van der Waals surface area contributed by atoms with Crippen LogP contribution in [0, 0.1) is 0 Å². The number of rotatable bonds is 3. The highest BCUT2D eigenvalue weighted by Crippen LogP contribution is 2.47. The van der Waals surface area contributed by atoms with Gasteiger partial charge in [-0.3, -0.25) is 0 Å². The Hall–Kier alpha value is -4.97. The van der Waals surface area contributed by atoms with Crippen LogP contribution in [0.15, 0.2) is 152 Å². The summed E-state index contributed by atoms with van der Waals surface area (Å²) in [4.78, 5) is 0. The quantitative estimate of drug-likeness (QED) is 0.121. The van der Waals surface area contributed by atoms with Gasteiger partial charge in [0.2, 0.25) is 0 Å². The highest BCUT2D eigenvalue weighted by molar-refractivity contribution is 7.85. The second-order valence-electron chi connectivity index (χ2n) is 11.3. The van der Waals surface area contributed by atoms with Crippen LogP contribution in [0.4, 0.5) is 0 Å². The van der Waals surface area contributed by atoms with Crippen molar-refractivity contribution in [1.29, 1.82) is 0 Å². The molecule has 196 valence electrons. The molecule has 0 N–H and O–H groups in total. The zero-order valence-electron chi connectivity index (χ0n) is 22.8. The predicted octanol–water partition coefficient (Wildman–Crippen LogP) is 9.68. The summed E-state index contributed by atoms with van der Waals surface area (Å²) in [7, 11) is -3.24. The molecule has 1 atom stereocenters. The third-order valence-electron chi connectivity index (χ3n) is 8.97. The molecule has 0 aliphatic carbocycles. The zero-order valence-corrected chi connectivity index (χ0v) is 23.7. The van der Waals surface area contributed by atoms with Crippen LogP contribution in [0.5, 0.6) is 0 Å². The number of hydrogen-bond donors (Lipinski definition) is 0. The molecule has 0 amide bonds. The lowest BCUT2D eigenvalue weighted by Crippen LogP contribution is -2.25. The lowest BCUT2D eigenvalue weighted by atomic mass is 9.94. The molecule has 2 heteroatoms. The predicted molar refractivity (Wildman–Crippen MR) is 182 cm³/mol. The summed E-state index contributed by atoms with van der Waals surface area (Å²) in [6.45, 7) is 0. The first-order valence-corrected chi connectivity index (χ1v) is 16.1. The number of fused-ring (bicyclic) bond motifs is 3. The van der Waals surface area contributed by atoms with Crippen LogP contribution in [0.3, 0.4) is 0 Å². The minimum atomic E-state index is -3.24. The van der Waals surface area contributed by atoms with E-state index in [9.17, 15) is 0 Å². The maximum Gasteiger partial charge on any atom is 0.171 e. The molecule has 0 aliphatic rings. The molecule has 9 aromatic carbocycles. The van der Waals surface area contributed by atoms with Gasteiger partial charge >= 0.3 is 0 Å². The van der Waals surface area contributed by atoms with E-state index in [1.807, 2.05) is 30.3 Å². The molecular formula is C40H25OP. The standard InChI is InChI=1S/C40H25OP/c41-42(35-11-2-1-3-12-35,38-20-17-28-14-13-26-9-6-10-27-16-19-37(38)40(28)39(26)27)36-18-15-31-23-32-21-29-7-4-5-8-30(29)22-33(32)24-34(31)25-36/h1-25H. The summed E-state index contributed by atoms with van der Waals surface area (Å²) in [5.41, 5.74) is 0. The van der Waals surface area contributed by atoms with Crippen LogP contribution in [-0.2, 0) is 4.57 Å². The Morgan fingerprint density at radius 1 is 0.333 bits per heavy atom. The molecule has 42 heavy (non-hydrogen) atoms. The first-order chi connectivity index (χ1) is 20.7. The lowest BCUT2D eigenvalue weighted by Gasteiger charge is -2.23. The summed E-state index contributed by atoms with van der Waals surface area (Å²) in [5, 5.41) is 16.8. The van der Waals surface area contributed by atoms with Gasteiger partial charge in [0.15, 0.2) is 7.14 Å². The van der Waals surface area contributed by atoms with Crippen molar-refractivity contribution < 1.29 is 4.57 Å². The van der Waals surface area contributed by atoms with Crippen LogP contribution < -0.4 is 15.9 Å². The van der Waals surface area contributed by atoms with Gasteiger partial charge in [0, 0.05) is 15.9 Å². The molecule has 1 unspecified atom stereocenters. The molecule has 0 heterocycles. The smallest absolute Gasteiger partial charge is 0.171 e. The van der Waals surface area contributed by atoms with E-state index in [-0.39, 0.29) is 0 Å². The van der Waals surface area contributed by atoms with Gasteiger partial charge in [-0.2, -0.15) is 0 Å². The zero-order chi connectivity index (χ0) is 27.8. The minimum Gasteiger partial charge on any atom is -0.309 e. The molecule has 0 aliphatic heterocycles. The van der Waals surface area contributed by atoms with E-state index in [4.69, 9.17) is 0 Å². The Balaban J connectivity index is 1.34. The van der Waals surface area contributed by atoms with Crippen LogP contribution in [0.1, 0.15) is 0 Å². The van der Waals surface area contributed by atoms with Crippen molar-refractivity contribution in [3.05, 3.63) is 152 Å². The summed E-state index contributed by atoms with van der Waals surface area (Å²) < 4.78 is 15.8. The molecule has 0 aromatic heterocycles. The highest BCUT2D eigenvalue weighted by atomic mass is 31.2. The van der Waals surface area contributed by atoms with Gasteiger partial charge < -0.3 is 4.57 Å². The normalized spacial score (nSPS) is 13.5. The largest absolute Gasteiger partial charge is 0.309 e. The fraction of sp³-hybridized carbons (Fsp3) is 0. The summed E-state index contributed by atoms with van der Waals surface area (Å²) in [6, 6.07) is 53.4. The van der Waals surface area contributed by atoms with Crippen molar-refractivity contribution in [2.45, 2.75) is 0 Å². The van der Waals surface area contributed by atoms with Crippen molar-refractivity contribution in [1.82, 2.24) is 0 Å². The van der Waals surface area contributed by atoms with Gasteiger partial charge in [-0.25, -0.2) is 0 Å². The van der Waals surface area contributed by atoms with Crippen LogP contribution in [-0.4, -0.2) is 0 Å². The fourth-order valence-electron chi connectivity index (χ4n) is 6.93. The molecule has 0 saturated carbocycles. The molecule has 0 saturated heterocycles. The Morgan fingerprint density at radius 2 is 0.833 bits per heavy atom. The molecule has 0 radical (unpaired) electrons. The van der Waals surface area contributed by atoms with E-state index in [1.54, 1.807) is 0 Å². The number of benzene rings is 9. The minimum absolute atomic E-state index is 0.853. The highest BCUT2D eigenvalue weighted by Gasteiger charge is 2.32. The van der Waals surface area contributed by atoms with Crippen molar-refractivity contribution in [3.8, 4) is 0 Å². The van der Waals surface area contributed by atoms with E-state index >= 15 is 4.57 Å². The molecule has 0 spiro atoms. The van der Waals surface area contributed by atoms with Crippen molar-refractivity contribution >= 4 is 87.7 Å². The van der Waals surface area contributed by atoms with E-state index in [0.717, 1.165) is 32.1 Å². The molecule has 9 rings (SSSR count). The maximum atomic E-state index is 15.8. The fourth-order valence-corrected chi connectivity index (χ4v) is 9.80. The third kappa shape index (κ3) is 3.35. The van der Waals surface area contributed by atoms with E-state index in [1.165, 1.54) is 48.5 Å². The SMILES string of the molecule is O=P(c1ccccc1)(c1ccc2cc3cc4ccccc4cc3cc2c1)c1ccc2ccc3cccc4ccc1c2c34. The van der Waals surface area contributed by atoms with Crippen molar-refractivity contribution in [3.63, 3.8) is 0 Å². The van der Waals surface area contributed by atoms with Gasteiger partial charge in [0.1, 0.15) is 0 Å². The Morgan fingerprint density at radius 3 is 1.55 bits per heavy atom. The van der Waals surface area contributed by atoms with Gasteiger partial charge in [-0.1, -0.05) is 115 Å². The van der Waals surface area contributed by atoms with Crippen LogP contribution in [0.2, 0.25) is 0 Å². The van der Waals surface area contributed by atoms with Gasteiger partial charge in [-0.05, 0) is 101 Å². The molecule has 1 nitrogen and oxygen atoms in total. The number of hydrogen-bond acceptors (Lipinski definition) is 1. The Labute approximate surface area is 243 Å². The molecular weight excluding hydrogens is 527 g/mol. The van der Waals surface area contributed by atoms with Gasteiger partial charge in [0.25, 0.3) is 0 Å². The third-order valence-corrected chi connectivity index (χ3v) is 12.1. The Bertz CT molecular complexity index is 2530. The summed E-state index contributed by atoms with van der Waals surface area (Å²) in [5.74, 6) is 0. The van der Waals surface area contributed by atoms with E-state index in [2.05, 4.69) is 121 Å². The van der Waals surface area contributed by atoms with Crippen LogP contribution in [0.25, 0.3) is 64.6 Å². The van der Waals surface area contributed by atoms with E-state index < -0.39 is 7.14 Å².